The summed E-state index contributed by atoms with van der Waals surface area (Å²) < 4.78 is 0. The van der Waals surface area contributed by atoms with Crippen LogP contribution in [-0.4, -0.2) is 4.98 Å². The van der Waals surface area contributed by atoms with E-state index in [0.29, 0.717) is 5.92 Å². The van der Waals surface area contributed by atoms with E-state index in [0.717, 1.165) is 17.6 Å². The number of para-hydroxylation sites is 1. The van der Waals surface area contributed by atoms with Crippen molar-refractivity contribution >= 4 is 10.9 Å². The molecule has 0 aliphatic carbocycles. The van der Waals surface area contributed by atoms with Crippen molar-refractivity contribution in [2.24, 2.45) is 11.7 Å². The molecule has 2 nitrogen and oxygen atoms in total. The first-order valence-corrected chi connectivity index (χ1v) is 5.83. The molecule has 1 heterocycles. The third-order valence-corrected chi connectivity index (χ3v) is 3.22. The van der Waals surface area contributed by atoms with Gasteiger partial charge in [-0.15, -0.1) is 0 Å². The zero-order chi connectivity index (χ0) is 11.5. The molecule has 1 aromatic carbocycles. The molecule has 0 saturated heterocycles. The molecular formula is C14H18N2. The van der Waals surface area contributed by atoms with Crippen molar-refractivity contribution in [1.82, 2.24) is 4.98 Å². The minimum Gasteiger partial charge on any atom is -0.322 e. The Bertz CT molecular complexity index is 479. The van der Waals surface area contributed by atoms with Gasteiger partial charge in [0.25, 0.3) is 0 Å². The van der Waals surface area contributed by atoms with E-state index in [-0.39, 0.29) is 6.04 Å². The van der Waals surface area contributed by atoms with E-state index in [2.05, 4.69) is 31.0 Å². The van der Waals surface area contributed by atoms with E-state index in [4.69, 9.17) is 5.73 Å². The summed E-state index contributed by atoms with van der Waals surface area (Å²) >= 11 is 0. The maximum Gasteiger partial charge on any atom is 0.0706 e. The Kier molecular flexibility index (Phi) is 3.20. The highest BCUT2D eigenvalue weighted by Crippen LogP contribution is 2.22. The monoisotopic (exact) mass is 214 g/mol. The molecule has 0 fully saturated rings. The number of aromatic nitrogens is 1. The Hall–Kier alpha value is -1.41. The van der Waals surface area contributed by atoms with E-state index < -0.39 is 0 Å². The van der Waals surface area contributed by atoms with Crippen molar-refractivity contribution in [2.45, 2.75) is 26.3 Å². The predicted octanol–water partition coefficient (Wildman–Crippen LogP) is 3.28. The average molecular weight is 214 g/mol. The predicted molar refractivity (Wildman–Crippen MR) is 68.1 cm³/mol. The molecule has 2 aromatic rings. The lowest BCUT2D eigenvalue weighted by Gasteiger charge is -2.17. The third kappa shape index (κ3) is 2.07. The molecule has 2 rings (SSSR count). The Morgan fingerprint density at radius 2 is 1.94 bits per heavy atom. The first kappa shape index (κ1) is 11.1. The normalized spacial score (nSPS) is 14.9. The summed E-state index contributed by atoms with van der Waals surface area (Å²) in [4.78, 5) is 4.62. The maximum absolute atomic E-state index is 6.18. The fraction of sp³-hybridized carbons (Fsp3) is 0.357. The third-order valence-electron chi connectivity index (χ3n) is 3.22. The second-order valence-corrected chi connectivity index (χ2v) is 4.34. The zero-order valence-electron chi connectivity index (χ0n) is 9.85. The van der Waals surface area contributed by atoms with Crippen LogP contribution in [0.1, 0.15) is 32.0 Å². The smallest absolute Gasteiger partial charge is 0.0706 e. The maximum atomic E-state index is 6.18. The fourth-order valence-corrected chi connectivity index (χ4v) is 1.81. The largest absolute Gasteiger partial charge is 0.322 e. The van der Waals surface area contributed by atoms with Gasteiger partial charge in [-0.25, -0.2) is 0 Å². The van der Waals surface area contributed by atoms with Gasteiger partial charge in [0, 0.05) is 11.4 Å². The summed E-state index contributed by atoms with van der Waals surface area (Å²) in [6.45, 7) is 4.33. The lowest BCUT2D eigenvalue weighted by molar-refractivity contribution is 0.449. The number of nitrogens with zero attached hydrogens (tertiary/aromatic N) is 1. The second kappa shape index (κ2) is 4.62. The molecular weight excluding hydrogens is 196 g/mol. The lowest BCUT2D eigenvalue weighted by atomic mass is 9.96. The molecule has 0 aliphatic rings. The van der Waals surface area contributed by atoms with Crippen molar-refractivity contribution in [3.63, 3.8) is 0 Å². The van der Waals surface area contributed by atoms with Crippen molar-refractivity contribution < 1.29 is 0 Å². The molecule has 2 atom stereocenters. The molecule has 0 bridgehead atoms. The van der Waals surface area contributed by atoms with Gasteiger partial charge in [0.1, 0.15) is 0 Å². The molecule has 84 valence electrons. The number of pyridine rings is 1. The number of nitrogens with two attached hydrogens (primary N) is 1. The van der Waals surface area contributed by atoms with E-state index in [9.17, 15) is 0 Å². The topological polar surface area (TPSA) is 38.9 Å². The quantitative estimate of drug-likeness (QED) is 0.851. The summed E-state index contributed by atoms with van der Waals surface area (Å²) in [7, 11) is 0. The van der Waals surface area contributed by atoms with Gasteiger partial charge < -0.3 is 5.73 Å². The van der Waals surface area contributed by atoms with E-state index in [1.807, 2.05) is 24.3 Å². The van der Waals surface area contributed by atoms with Gasteiger partial charge in [-0.05, 0) is 18.1 Å². The van der Waals surface area contributed by atoms with Gasteiger partial charge in [0.05, 0.1) is 11.2 Å². The van der Waals surface area contributed by atoms with Gasteiger partial charge in [-0.2, -0.15) is 0 Å². The number of rotatable bonds is 3. The van der Waals surface area contributed by atoms with Crippen LogP contribution in [0.5, 0.6) is 0 Å². The second-order valence-electron chi connectivity index (χ2n) is 4.34. The molecule has 0 spiro atoms. The van der Waals surface area contributed by atoms with Crippen molar-refractivity contribution in [1.29, 1.82) is 0 Å². The molecule has 1 aromatic heterocycles. The van der Waals surface area contributed by atoms with Gasteiger partial charge in [-0.3, -0.25) is 4.98 Å². The van der Waals surface area contributed by atoms with Crippen LogP contribution in [0.4, 0.5) is 0 Å². The summed E-state index contributed by atoms with van der Waals surface area (Å²) in [5.74, 6) is 0.466. The average Bonchev–Trinajstić information content (AvgIpc) is 2.36. The first-order chi connectivity index (χ1) is 7.72. The molecule has 2 heteroatoms. The highest BCUT2D eigenvalue weighted by molar-refractivity contribution is 5.78. The molecule has 0 saturated carbocycles. The van der Waals surface area contributed by atoms with Crippen LogP contribution >= 0.6 is 0 Å². The molecule has 16 heavy (non-hydrogen) atoms. The molecule has 0 amide bonds. The van der Waals surface area contributed by atoms with Crippen LogP contribution in [0.15, 0.2) is 36.4 Å². The SMILES string of the molecule is CCC(C)[C@@H](N)c1ccc2ccccc2n1. The minimum atomic E-state index is 0.0367. The van der Waals surface area contributed by atoms with E-state index in [1.54, 1.807) is 0 Å². The van der Waals surface area contributed by atoms with Crippen LogP contribution in [0.25, 0.3) is 10.9 Å². The fourth-order valence-electron chi connectivity index (χ4n) is 1.81. The zero-order valence-corrected chi connectivity index (χ0v) is 9.85. The highest BCUT2D eigenvalue weighted by Gasteiger charge is 2.14. The van der Waals surface area contributed by atoms with E-state index >= 15 is 0 Å². The highest BCUT2D eigenvalue weighted by atomic mass is 14.8. The first-order valence-electron chi connectivity index (χ1n) is 5.83. The van der Waals surface area contributed by atoms with Crippen LogP contribution in [0, 0.1) is 5.92 Å². The molecule has 0 aliphatic heterocycles. The number of fused-ring (bicyclic) bond motifs is 1. The molecule has 0 radical (unpaired) electrons. The Morgan fingerprint density at radius 1 is 1.19 bits per heavy atom. The molecule has 2 N–H and O–H groups in total. The summed E-state index contributed by atoms with van der Waals surface area (Å²) in [6.07, 6.45) is 1.08. The number of hydrogen-bond donors (Lipinski definition) is 1. The van der Waals surface area contributed by atoms with Crippen LogP contribution < -0.4 is 5.73 Å². The van der Waals surface area contributed by atoms with Gasteiger partial charge in [-0.1, -0.05) is 44.5 Å². The Morgan fingerprint density at radius 3 is 2.69 bits per heavy atom. The van der Waals surface area contributed by atoms with Crippen molar-refractivity contribution in [3.8, 4) is 0 Å². The Labute approximate surface area is 96.5 Å². The summed E-state index contributed by atoms with van der Waals surface area (Å²) in [5.41, 5.74) is 8.20. The van der Waals surface area contributed by atoms with Crippen LogP contribution in [-0.2, 0) is 0 Å². The molecule has 1 unspecified atom stereocenters. The van der Waals surface area contributed by atoms with Gasteiger partial charge >= 0.3 is 0 Å². The minimum absolute atomic E-state index is 0.0367. The summed E-state index contributed by atoms with van der Waals surface area (Å²) in [6, 6.07) is 12.3. The van der Waals surface area contributed by atoms with Crippen LogP contribution in [0.2, 0.25) is 0 Å². The van der Waals surface area contributed by atoms with Crippen molar-refractivity contribution in [3.05, 3.63) is 42.1 Å². The van der Waals surface area contributed by atoms with Gasteiger partial charge in [0.2, 0.25) is 0 Å². The summed E-state index contributed by atoms with van der Waals surface area (Å²) in [5, 5.41) is 1.17. The standard InChI is InChI=1S/C14H18N2/c1-3-10(2)14(15)13-9-8-11-6-4-5-7-12(11)16-13/h4-10,14H,3,15H2,1-2H3/t10?,14-/m1/s1. The van der Waals surface area contributed by atoms with E-state index in [1.165, 1.54) is 5.39 Å². The Balaban J connectivity index is 2.39. The number of hydrogen-bond acceptors (Lipinski definition) is 2. The lowest BCUT2D eigenvalue weighted by Crippen LogP contribution is -2.19. The van der Waals surface area contributed by atoms with Crippen LogP contribution in [0.3, 0.4) is 0 Å². The van der Waals surface area contributed by atoms with Gasteiger partial charge in [0.15, 0.2) is 0 Å². The van der Waals surface area contributed by atoms with Crippen molar-refractivity contribution in [2.75, 3.05) is 0 Å². The number of benzene rings is 1.